The van der Waals surface area contributed by atoms with Gasteiger partial charge in [-0.25, -0.2) is 0 Å². The Hall–Kier alpha value is -3.68. The van der Waals surface area contributed by atoms with Gasteiger partial charge < -0.3 is 10.1 Å². The maximum absolute atomic E-state index is 12.3. The summed E-state index contributed by atoms with van der Waals surface area (Å²) < 4.78 is 43.3. The van der Waals surface area contributed by atoms with Crippen LogP contribution in [0.3, 0.4) is 0 Å². The van der Waals surface area contributed by atoms with E-state index in [-0.39, 0.29) is 31.0 Å². The number of nitrogens with zero attached hydrogens (tertiary/aromatic N) is 5. The summed E-state index contributed by atoms with van der Waals surface area (Å²) in [4.78, 5) is 20.5. The molecule has 8 nitrogen and oxygen atoms in total. The Labute approximate surface area is 169 Å². The van der Waals surface area contributed by atoms with Crippen molar-refractivity contribution < 1.29 is 22.7 Å². The normalized spacial score (nSPS) is 11.3. The lowest BCUT2D eigenvalue weighted by molar-refractivity contribution is -0.153. The number of nitrogens with one attached hydrogen (secondary N) is 1. The third-order valence-corrected chi connectivity index (χ3v) is 4.05. The minimum Gasteiger partial charge on any atom is -0.482 e. The zero-order chi connectivity index (χ0) is 21.7. The summed E-state index contributed by atoms with van der Waals surface area (Å²) in [5, 5.41) is 16.1. The first kappa shape index (κ1) is 21.0. The van der Waals surface area contributed by atoms with Gasteiger partial charge in [0.05, 0.1) is 41.8 Å². The Morgan fingerprint density at radius 2 is 2.17 bits per heavy atom. The van der Waals surface area contributed by atoms with Gasteiger partial charge in [-0.2, -0.15) is 23.5 Å². The van der Waals surface area contributed by atoms with Crippen LogP contribution < -0.4 is 10.1 Å². The lowest BCUT2D eigenvalue weighted by Gasteiger charge is -2.11. The molecule has 11 heteroatoms. The quantitative estimate of drug-likeness (QED) is 0.592. The molecule has 3 heterocycles. The van der Waals surface area contributed by atoms with E-state index in [2.05, 4.69) is 20.4 Å². The van der Waals surface area contributed by atoms with Crippen molar-refractivity contribution in [2.45, 2.75) is 26.1 Å². The molecule has 0 aromatic carbocycles. The van der Waals surface area contributed by atoms with Crippen LogP contribution in [0.1, 0.15) is 28.2 Å². The van der Waals surface area contributed by atoms with Gasteiger partial charge in [0.15, 0.2) is 6.61 Å². The zero-order valence-electron chi connectivity index (χ0n) is 15.9. The van der Waals surface area contributed by atoms with Crippen LogP contribution in [0.2, 0.25) is 0 Å². The molecule has 3 rings (SSSR count). The molecule has 0 saturated carbocycles. The first-order valence-corrected chi connectivity index (χ1v) is 8.89. The lowest BCUT2D eigenvalue weighted by Crippen LogP contribution is -2.25. The van der Waals surface area contributed by atoms with Crippen molar-refractivity contribution in [3.8, 4) is 11.8 Å². The molecule has 0 aliphatic rings. The summed E-state index contributed by atoms with van der Waals surface area (Å²) in [5.74, 6) is -0.349. The largest absolute Gasteiger partial charge is 0.482 e. The Kier molecular flexibility index (Phi) is 6.15. The molecule has 0 saturated heterocycles. The van der Waals surface area contributed by atoms with Gasteiger partial charge in [-0.1, -0.05) is 0 Å². The number of hydrogen-bond donors (Lipinski definition) is 1. The monoisotopic (exact) mass is 418 g/mol. The highest BCUT2D eigenvalue weighted by Crippen LogP contribution is 2.22. The SMILES string of the molecule is Cc1cc(Cn2cc3c(C(=O)NCCC#N)nccc3n2)ncc1OCC(F)(F)F. The number of aromatic nitrogens is 4. The number of alkyl halides is 3. The second-order valence-electron chi connectivity index (χ2n) is 6.43. The summed E-state index contributed by atoms with van der Waals surface area (Å²) in [6.07, 6.45) is 0.123. The number of nitriles is 1. The van der Waals surface area contributed by atoms with Crippen LogP contribution in [-0.4, -0.2) is 45.0 Å². The molecular weight excluding hydrogens is 401 g/mol. The number of rotatable bonds is 7. The highest BCUT2D eigenvalue weighted by molar-refractivity contribution is 6.04. The van der Waals surface area contributed by atoms with Gasteiger partial charge in [0.25, 0.3) is 5.91 Å². The molecule has 0 aliphatic carbocycles. The summed E-state index contributed by atoms with van der Waals surface area (Å²) in [7, 11) is 0. The molecule has 0 atom stereocenters. The van der Waals surface area contributed by atoms with Crippen molar-refractivity contribution in [3.05, 3.63) is 47.7 Å². The molecule has 0 fully saturated rings. The number of halogens is 3. The summed E-state index contributed by atoms with van der Waals surface area (Å²) in [6, 6.07) is 5.22. The highest BCUT2D eigenvalue weighted by atomic mass is 19.4. The Balaban J connectivity index is 1.76. The fourth-order valence-corrected chi connectivity index (χ4v) is 2.74. The summed E-state index contributed by atoms with van der Waals surface area (Å²) in [5.41, 5.74) is 1.82. The van der Waals surface area contributed by atoms with Crippen LogP contribution in [0.5, 0.6) is 5.75 Å². The molecule has 1 N–H and O–H groups in total. The highest BCUT2D eigenvalue weighted by Gasteiger charge is 2.28. The molecule has 0 spiro atoms. The van der Waals surface area contributed by atoms with Crippen molar-refractivity contribution in [1.82, 2.24) is 25.1 Å². The fraction of sp³-hybridized carbons (Fsp3) is 0.316. The van der Waals surface area contributed by atoms with E-state index in [0.29, 0.717) is 22.2 Å². The predicted octanol–water partition coefficient (Wildman–Crippen LogP) is 2.77. The number of hydrogen-bond acceptors (Lipinski definition) is 6. The molecule has 1 amide bonds. The molecular formula is C19H17F3N6O2. The number of aryl methyl sites for hydroxylation is 1. The first-order valence-electron chi connectivity index (χ1n) is 8.89. The van der Waals surface area contributed by atoms with E-state index in [1.54, 1.807) is 29.9 Å². The third kappa shape index (κ3) is 5.22. The predicted molar refractivity (Wildman–Crippen MR) is 99.7 cm³/mol. The van der Waals surface area contributed by atoms with E-state index in [4.69, 9.17) is 10.00 Å². The van der Waals surface area contributed by atoms with Crippen molar-refractivity contribution in [2.24, 2.45) is 0 Å². The molecule has 3 aromatic rings. The molecule has 156 valence electrons. The van der Waals surface area contributed by atoms with Crippen LogP contribution in [0.4, 0.5) is 13.2 Å². The van der Waals surface area contributed by atoms with E-state index < -0.39 is 18.7 Å². The third-order valence-electron chi connectivity index (χ3n) is 4.05. The van der Waals surface area contributed by atoms with Gasteiger partial charge >= 0.3 is 6.18 Å². The molecule has 0 unspecified atom stereocenters. The smallest absolute Gasteiger partial charge is 0.422 e. The van der Waals surface area contributed by atoms with Gasteiger partial charge in [0, 0.05) is 18.9 Å². The molecule has 0 bridgehead atoms. The minimum absolute atomic E-state index is 0.0576. The number of carbonyl (C=O) groups excluding carboxylic acids is 1. The maximum atomic E-state index is 12.3. The van der Waals surface area contributed by atoms with Crippen LogP contribution >= 0.6 is 0 Å². The zero-order valence-corrected chi connectivity index (χ0v) is 15.9. The number of pyridine rings is 2. The lowest BCUT2D eigenvalue weighted by atomic mass is 10.2. The van der Waals surface area contributed by atoms with Crippen molar-refractivity contribution in [3.63, 3.8) is 0 Å². The topological polar surface area (TPSA) is 106 Å². The molecule has 30 heavy (non-hydrogen) atoms. The molecule has 0 aliphatic heterocycles. The van der Waals surface area contributed by atoms with E-state index in [9.17, 15) is 18.0 Å². The second kappa shape index (κ2) is 8.77. The number of amides is 1. The number of fused-ring (bicyclic) bond motifs is 1. The van der Waals surface area contributed by atoms with Gasteiger partial charge in [-0.05, 0) is 24.6 Å². The minimum atomic E-state index is -4.42. The van der Waals surface area contributed by atoms with Crippen molar-refractivity contribution in [2.75, 3.05) is 13.2 Å². The van der Waals surface area contributed by atoms with Crippen molar-refractivity contribution in [1.29, 1.82) is 5.26 Å². The van der Waals surface area contributed by atoms with Gasteiger partial charge in [0.1, 0.15) is 11.4 Å². The van der Waals surface area contributed by atoms with Crippen molar-refractivity contribution >= 4 is 16.8 Å². The van der Waals surface area contributed by atoms with Crippen LogP contribution in [-0.2, 0) is 6.54 Å². The molecule has 3 aromatic heterocycles. The van der Waals surface area contributed by atoms with Crippen LogP contribution in [0, 0.1) is 18.3 Å². The maximum Gasteiger partial charge on any atom is 0.422 e. The standard InChI is InChI=1S/C19H17F3N6O2/c1-12-7-13(26-8-16(12)30-11-19(20,21)22)9-28-10-14-15(27-28)3-6-24-17(14)18(29)25-5-2-4-23/h3,6-8,10H,2,5,9,11H2,1H3,(H,25,29). The molecule has 0 radical (unpaired) electrons. The summed E-state index contributed by atoms with van der Waals surface area (Å²) in [6.45, 7) is 0.702. The van der Waals surface area contributed by atoms with E-state index in [1.807, 2.05) is 6.07 Å². The summed E-state index contributed by atoms with van der Waals surface area (Å²) >= 11 is 0. The second-order valence-corrected chi connectivity index (χ2v) is 6.43. The van der Waals surface area contributed by atoms with Crippen LogP contribution in [0.25, 0.3) is 10.9 Å². The Morgan fingerprint density at radius 1 is 1.37 bits per heavy atom. The van der Waals surface area contributed by atoms with E-state index in [1.165, 1.54) is 12.4 Å². The first-order chi connectivity index (χ1) is 14.3. The number of ether oxygens (including phenoxy) is 1. The van der Waals surface area contributed by atoms with E-state index in [0.717, 1.165) is 0 Å². The van der Waals surface area contributed by atoms with Gasteiger partial charge in [-0.3, -0.25) is 19.4 Å². The Bertz CT molecular complexity index is 1100. The van der Waals surface area contributed by atoms with E-state index >= 15 is 0 Å². The Morgan fingerprint density at radius 3 is 2.87 bits per heavy atom. The van der Waals surface area contributed by atoms with Crippen LogP contribution in [0.15, 0.2) is 30.7 Å². The average Bonchev–Trinajstić information content (AvgIpc) is 3.09. The fourth-order valence-electron chi connectivity index (χ4n) is 2.74. The van der Waals surface area contributed by atoms with Gasteiger partial charge in [-0.15, -0.1) is 0 Å². The number of carbonyl (C=O) groups is 1. The average molecular weight is 418 g/mol. The van der Waals surface area contributed by atoms with Gasteiger partial charge in [0.2, 0.25) is 0 Å².